The molecule has 1 aromatic carbocycles. The van der Waals surface area contributed by atoms with Crippen LogP contribution in [0.1, 0.15) is 37.8 Å². The van der Waals surface area contributed by atoms with E-state index in [1.807, 2.05) is 36.9 Å². The molecule has 1 amide bonds. The summed E-state index contributed by atoms with van der Waals surface area (Å²) in [6, 6.07) is 6.01. The lowest BCUT2D eigenvalue weighted by atomic mass is 9.96. The molecular formula is C17H26N2O2. The van der Waals surface area contributed by atoms with Gasteiger partial charge in [-0.25, -0.2) is 0 Å². The third-order valence-corrected chi connectivity index (χ3v) is 4.29. The van der Waals surface area contributed by atoms with Crippen molar-refractivity contribution in [3.05, 3.63) is 29.3 Å². The second kappa shape index (κ2) is 6.06. The molecule has 0 bridgehead atoms. The average molecular weight is 290 g/mol. The molecule has 0 radical (unpaired) electrons. The second-order valence-corrected chi connectivity index (χ2v) is 6.52. The summed E-state index contributed by atoms with van der Waals surface area (Å²) in [6.07, 6.45) is 1.84. The van der Waals surface area contributed by atoms with Gasteiger partial charge in [0.1, 0.15) is 0 Å². The number of nitrogens with one attached hydrogen (secondary N) is 1. The molecule has 1 aromatic rings. The number of aliphatic hydroxyl groups is 1. The normalized spacial score (nSPS) is 18.9. The maximum Gasteiger partial charge on any atom is 0.242 e. The highest BCUT2D eigenvalue weighted by Crippen LogP contribution is 2.27. The zero-order valence-electron chi connectivity index (χ0n) is 13.4. The zero-order chi connectivity index (χ0) is 15.6. The number of anilines is 1. The van der Waals surface area contributed by atoms with Gasteiger partial charge in [0, 0.05) is 12.2 Å². The quantitative estimate of drug-likeness (QED) is 0.895. The van der Waals surface area contributed by atoms with E-state index < -0.39 is 5.60 Å². The summed E-state index contributed by atoms with van der Waals surface area (Å²) in [5, 5.41) is 13.5. The van der Waals surface area contributed by atoms with E-state index in [1.54, 1.807) is 13.8 Å². The number of amides is 1. The molecule has 0 saturated carbocycles. The lowest BCUT2D eigenvalue weighted by Gasteiger charge is -2.34. The van der Waals surface area contributed by atoms with Gasteiger partial charge >= 0.3 is 0 Å². The van der Waals surface area contributed by atoms with E-state index >= 15 is 0 Å². The first-order chi connectivity index (χ1) is 9.80. The predicted molar refractivity (Wildman–Crippen MR) is 85.4 cm³/mol. The fraction of sp³-hybridized carbons (Fsp3) is 0.588. The first-order valence-electron chi connectivity index (χ1n) is 7.62. The van der Waals surface area contributed by atoms with Crippen LogP contribution in [0.3, 0.4) is 0 Å². The van der Waals surface area contributed by atoms with Gasteiger partial charge in [0.05, 0.1) is 18.2 Å². The van der Waals surface area contributed by atoms with Crippen LogP contribution in [0.15, 0.2) is 18.2 Å². The van der Waals surface area contributed by atoms with Crippen LogP contribution in [-0.2, 0) is 4.79 Å². The third kappa shape index (κ3) is 3.56. The molecule has 116 valence electrons. The van der Waals surface area contributed by atoms with Crippen molar-refractivity contribution >= 4 is 11.6 Å². The van der Waals surface area contributed by atoms with Gasteiger partial charge in [-0.15, -0.1) is 0 Å². The molecule has 1 atom stereocenters. The van der Waals surface area contributed by atoms with Crippen LogP contribution in [0, 0.1) is 13.8 Å². The number of carbonyl (C=O) groups is 1. The molecule has 0 aliphatic carbocycles. The molecule has 4 heteroatoms. The van der Waals surface area contributed by atoms with Crippen molar-refractivity contribution in [2.24, 2.45) is 0 Å². The average Bonchev–Trinajstić information content (AvgIpc) is 2.87. The first kappa shape index (κ1) is 15.8. The fourth-order valence-corrected chi connectivity index (χ4v) is 3.16. The van der Waals surface area contributed by atoms with E-state index in [0.717, 1.165) is 36.2 Å². The Morgan fingerprint density at radius 3 is 2.57 bits per heavy atom. The molecule has 2 N–H and O–H groups in total. The van der Waals surface area contributed by atoms with E-state index in [-0.39, 0.29) is 18.5 Å². The Balaban J connectivity index is 2.02. The van der Waals surface area contributed by atoms with E-state index in [1.165, 1.54) is 0 Å². The van der Waals surface area contributed by atoms with E-state index in [4.69, 9.17) is 0 Å². The molecular weight excluding hydrogens is 264 g/mol. The second-order valence-electron chi connectivity index (χ2n) is 6.52. The number of likely N-dealkylation sites (tertiary alicyclic amines) is 1. The van der Waals surface area contributed by atoms with Crippen molar-refractivity contribution < 1.29 is 9.90 Å². The molecule has 0 aromatic heterocycles. The van der Waals surface area contributed by atoms with Crippen LogP contribution in [0.5, 0.6) is 0 Å². The Labute approximate surface area is 127 Å². The molecule has 1 aliphatic heterocycles. The standard InChI is InChI=1S/C17H26N2O2/c1-12-7-5-8-13(2)16(12)18-11-15(20)19-10-6-9-14(19)17(3,4)21/h5,7-8,14,18,21H,6,9-11H2,1-4H3. The highest BCUT2D eigenvalue weighted by Gasteiger charge is 2.38. The van der Waals surface area contributed by atoms with Gasteiger partial charge in [-0.05, 0) is 51.7 Å². The number of carbonyl (C=O) groups excluding carboxylic acids is 1. The van der Waals surface area contributed by atoms with Gasteiger partial charge in [-0.2, -0.15) is 0 Å². The van der Waals surface area contributed by atoms with Gasteiger partial charge in [0.25, 0.3) is 0 Å². The Morgan fingerprint density at radius 1 is 1.38 bits per heavy atom. The van der Waals surface area contributed by atoms with Crippen molar-refractivity contribution in [2.75, 3.05) is 18.4 Å². The van der Waals surface area contributed by atoms with E-state index in [9.17, 15) is 9.90 Å². The summed E-state index contributed by atoms with van der Waals surface area (Å²) in [5.74, 6) is 0.0577. The highest BCUT2D eigenvalue weighted by molar-refractivity contribution is 5.82. The number of benzene rings is 1. The number of rotatable bonds is 4. The van der Waals surface area contributed by atoms with Crippen LogP contribution < -0.4 is 5.32 Å². The Hall–Kier alpha value is -1.55. The van der Waals surface area contributed by atoms with Gasteiger partial charge in [0.15, 0.2) is 0 Å². The Morgan fingerprint density at radius 2 is 2.00 bits per heavy atom. The van der Waals surface area contributed by atoms with Gasteiger partial charge in [-0.3, -0.25) is 4.79 Å². The summed E-state index contributed by atoms with van der Waals surface area (Å²) >= 11 is 0. The molecule has 1 fully saturated rings. The lowest BCUT2D eigenvalue weighted by molar-refractivity contribution is -0.134. The number of nitrogens with zero attached hydrogens (tertiary/aromatic N) is 1. The van der Waals surface area contributed by atoms with Crippen molar-refractivity contribution in [3.63, 3.8) is 0 Å². The predicted octanol–water partition coefficient (Wildman–Crippen LogP) is 2.48. The van der Waals surface area contributed by atoms with Crippen molar-refractivity contribution in [3.8, 4) is 0 Å². The number of aryl methyl sites for hydroxylation is 2. The maximum absolute atomic E-state index is 12.5. The minimum absolute atomic E-state index is 0.0577. The first-order valence-corrected chi connectivity index (χ1v) is 7.62. The largest absolute Gasteiger partial charge is 0.388 e. The topological polar surface area (TPSA) is 52.6 Å². The smallest absolute Gasteiger partial charge is 0.242 e. The van der Waals surface area contributed by atoms with Crippen molar-refractivity contribution in [2.45, 2.75) is 52.2 Å². The molecule has 2 rings (SSSR count). The summed E-state index contributed by atoms with van der Waals surface area (Å²) in [5.41, 5.74) is 2.47. The van der Waals surface area contributed by atoms with Crippen LogP contribution in [0.2, 0.25) is 0 Å². The molecule has 1 heterocycles. The molecule has 1 aliphatic rings. The summed E-state index contributed by atoms with van der Waals surface area (Å²) in [6.45, 7) is 8.65. The van der Waals surface area contributed by atoms with Gasteiger partial charge < -0.3 is 15.3 Å². The van der Waals surface area contributed by atoms with E-state index in [2.05, 4.69) is 5.32 Å². The van der Waals surface area contributed by atoms with Crippen LogP contribution in [0.25, 0.3) is 0 Å². The highest BCUT2D eigenvalue weighted by atomic mass is 16.3. The summed E-state index contributed by atoms with van der Waals surface area (Å²) in [4.78, 5) is 14.3. The van der Waals surface area contributed by atoms with Gasteiger partial charge in [-0.1, -0.05) is 18.2 Å². The van der Waals surface area contributed by atoms with Crippen LogP contribution in [-0.4, -0.2) is 40.6 Å². The Bertz CT molecular complexity index is 500. The van der Waals surface area contributed by atoms with Crippen molar-refractivity contribution in [1.82, 2.24) is 4.90 Å². The zero-order valence-corrected chi connectivity index (χ0v) is 13.4. The van der Waals surface area contributed by atoms with E-state index in [0.29, 0.717) is 0 Å². The SMILES string of the molecule is Cc1cccc(C)c1NCC(=O)N1CCCC1C(C)(C)O. The maximum atomic E-state index is 12.5. The minimum atomic E-state index is -0.843. The summed E-state index contributed by atoms with van der Waals surface area (Å²) in [7, 11) is 0. The summed E-state index contributed by atoms with van der Waals surface area (Å²) < 4.78 is 0. The monoisotopic (exact) mass is 290 g/mol. The van der Waals surface area contributed by atoms with Gasteiger partial charge in [0.2, 0.25) is 5.91 Å². The molecule has 21 heavy (non-hydrogen) atoms. The minimum Gasteiger partial charge on any atom is -0.388 e. The molecule has 4 nitrogen and oxygen atoms in total. The number of hydrogen-bond acceptors (Lipinski definition) is 3. The van der Waals surface area contributed by atoms with Crippen LogP contribution >= 0.6 is 0 Å². The number of para-hydroxylation sites is 1. The van der Waals surface area contributed by atoms with Crippen molar-refractivity contribution in [1.29, 1.82) is 0 Å². The third-order valence-electron chi connectivity index (χ3n) is 4.29. The molecule has 0 spiro atoms. The molecule has 1 saturated heterocycles. The number of hydrogen-bond donors (Lipinski definition) is 2. The van der Waals surface area contributed by atoms with Crippen LogP contribution in [0.4, 0.5) is 5.69 Å². The Kier molecular flexibility index (Phi) is 4.57. The lowest BCUT2D eigenvalue weighted by Crippen LogP contribution is -2.49. The fourth-order valence-electron chi connectivity index (χ4n) is 3.16. The molecule has 1 unspecified atom stereocenters.